The second kappa shape index (κ2) is 3.98. The Balaban J connectivity index is 2.67. The molecule has 0 amide bonds. The molecular formula is C10H9N5O. The number of imidazole rings is 1. The van der Waals surface area contributed by atoms with Gasteiger partial charge in [0.1, 0.15) is 6.07 Å². The first-order valence-corrected chi connectivity index (χ1v) is 4.77. The Hall–Kier alpha value is -2.42. The maximum atomic E-state index is 11.9. The largest absolute Gasteiger partial charge is 0.311 e. The summed E-state index contributed by atoms with van der Waals surface area (Å²) < 4.78 is 2.90. The van der Waals surface area contributed by atoms with Crippen molar-refractivity contribution in [3.63, 3.8) is 0 Å². The zero-order valence-corrected chi connectivity index (χ0v) is 8.66. The predicted octanol–water partition coefficient (Wildman–Crippen LogP) is 0.321. The van der Waals surface area contributed by atoms with Gasteiger partial charge in [-0.25, -0.2) is 9.97 Å². The molecule has 2 heterocycles. The molecule has 0 unspecified atom stereocenters. The molecule has 0 atom stereocenters. The van der Waals surface area contributed by atoms with Crippen LogP contribution >= 0.6 is 0 Å². The van der Waals surface area contributed by atoms with Crippen LogP contribution in [0.4, 0.5) is 0 Å². The van der Waals surface area contributed by atoms with E-state index >= 15 is 0 Å². The molecule has 0 N–H and O–H groups in total. The number of rotatable bonds is 2. The van der Waals surface area contributed by atoms with Crippen LogP contribution in [0.1, 0.15) is 12.7 Å². The van der Waals surface area contributed by atoms with E-state index in [0.29, 0.717) is 6.54 Å². The lowest BCUT2D eigenvalue weighted by Gasteiger charge is -2.05. The number of hydrogen-bond acceptors (Lipinski definition) is 4. The Morgan fingerprint density at radius 1 is 1.38 bits per heavy atom. The van der Waals surface area contributed by atoms with Crippen molar-refractivity contribution in [1.29, 1.82) is 5.26 Å². The van der Waals surface area contributed by atoms with Gasteiger partial charge in [-0.05, 0) is 6.92 Å². The molecule has 6 heteroatoms. The van der Waals surface area contributed by atoms with E-state index in [1.807, 2.05) is 13.0 Å². The van der Waals surface area contributed by atoms with Crippen LogP contribution in [0.2, 0.25) is 0 Å². The van der Waals surface area contributed by atoms with Crippen molar-refractivity contribution >= 4 is 0 Å². The molecule has 0 aliphatic rings. The van der Waals surface area contributed by atoms with Gasteiger partial charge in [0.25, 0.3) is 5.56 Å². The van der Waals surface area contributed by atoms with Crippen LogP contribution in [-0.4, -0.2) is 19.1 Å². The number of nitrogens with zero attached hydrogens (tertiary/aromatic N) is 5. The van der Waals surface area contributed by atoms with E-state index in [-0.39, 0.29) is 17.2 Å². The van der Waals surface area contributed by atoms with Gasteiger partial charge in [-0.3, -0.25) is 9.36 Å². The second-order valence-corrected chi connectivity index (χ2v) is 3.07. The normalized spacial score (nSPS) is 10.0. The molecule has 0 aliphatic carbocycles. The minimum atomic E-state index is -0.237. The van der Waals surface area contributed by atoms with Gasteiger partial charge in [-0.15, -0.1) is 0 Å². The topological polar surface area (TPSA) is 76.5 Å². The molecule has 2 aromatic heterocycles. The summed E-state index contributed by atoms with van der Waals surface area (Å²) in [6.07, 6.45) is 6.14. The number of hydrogen-bond donors (Lipinski definition) is 0. The van der Waals surface area contributed by atoms with Crippen LogP contribution in [0.3, 0.4) is 0 Å². The van der Waals surface area contributed by atoms with Gasteiger partial charge < -0.3 is 4.57 Å². The maximum absolute atomic E-state index is 11.9. The highest BCUT2D eigenvalue weighted by Gasteiger charge is 2.10. The molecule has 6 nitrogen and oxygen atoms in total. The number of aryl methyl sites for hydroxylation is 1. The van der Waals surface area contributed by atoms with E-state index in [4.69, 9.17) is 5.26 Å². The summed E-state index contributed by atoms with van der Waals surface area (Å²) in [6, 6.07) is 1.90. The fourth-order valence-electron chi connectivity index (χ4n) is 1.41. The zero-order valence-electron chi connectivity index (χ0n) is 8.66. The van der Waals surface area contributed by atoms with E-state index in [9.17, 15) is 4.79 Å². The summed E-state index contributed by atoms with van der Waals surface area (Å²) in [7, 11) is 0. The number of aromatic nitrogens is 4. The van der Waals surface area contributed by atoms with Crippen LogP contribution in [0, 0.1) is 11.3 Å². The summed E-state index contributed by atoms with van der Waals surface area (Å²) in [5, 5.41) is 8.82. The van der Waals surface area contributed by atoms with E-state index in [1.54, 1.807) is 12.4 Å². The van der Waals surface area contributed by atoms with Crippen LogP contribution in [0.25, 0.3) is 5.82 Å². The quantitative estimate of drug-likeness (QED) is 0.722. The fraction of sp³-hybridized carbons (Fsp3) is 0.200. The molecule has 16 heavy (non-hydrogen) atoms. The molecule has 0 aromatic carbocycles. The molecule has 2 rings (SSSR count). The fourth-order valence-corrected chi connectivity index (χ4v) is 1.41. The van der Waals surface area contributed by atoms with Gasteiger partial charge in [-0.2, -0.15) is 5.26 Å². The molecule has 0 bridgehead atoms. The van der Waals surface area contributed by atoms with Gasteiger partial charge in [0, 0.05) is 31.3 Å². The van der Waals surface area contributed by atoms with Crippen LogP contribution < -0.4 is 5.56 Å². The third kappa shape index (κ3) is 1.48. The van der Waals surface area contributed by atoms with Gasteiger partial charge in [0.05, 0.1) is 0 Å². The summed E-state index contributed by atoms with van der Waals surface area (Å²) in [6.45, 7) is 2.43. The second-order valence-electron chi connectivity index (χ2n) is 3.07. The van der Waals surface area contributed by atoms with Gasteiger partial charge in [0.15, 0.2) is 0 Å². The van der Waals surface area contributed by atoms with E-state index in [0.717, 1.165) is 0 Å². The highest BCUT2D eigenvalue weighted by atomic mass is 16.1. The van der Waals surface area contributed by atoms with Crippen molar-refractivity contribution in [3.8, 4) is 11.9 Å². The Morgan fingerprint density at radius 2 is 2.12 bits per heavy atom. The first-order chi connectivity index (χ1) is 7.77. The summed E-state index contributed by atoms with van der Waals surface area (Å²) in [5.74, 6) is 0.344. The van der Waals surface area contributed by atoms with E-state index < -0.39 is 0 Å². The van der Waals surface area contributed by atoms with Gasteiger partial charge in [-0.1, -0.05) is 0 Å². The lowest BCUT2D eigenvalue weighted by molar-refractivity contribution is 0.704. The first kappa shape index (κ1) is 10.1. The lowest BCUT2D eigenvalue weighted by Crippen LogP contribution is -2.24. The van der Waals surface area contributed by atoms with Crippen molar-refractivity contribution < 1.29 is 0 Å². The lowest BCUT2D eigenvalue weighted by atomic mass is 10.5. The minimum absolute atomic E-state index is 0.151. The number of nitriles is 1. The molecule has 80 valence electrons. The van der Waals surface area contributed by atoms with E-state index in [2.05, 4.69) is 9.97 Å². The Bertz CT molecular complexity index is 604. The molecule has 0 saturated heterocycles. The molecule has 2 aromatic rings. The summed E-state index contributed by atoms with van der Waals surface area (Å²) in [4.78, 5) is 19.7. The molecule has 0 aliphatic heterocycles. The third-order valence-corrected chi connectivity index (χ3v) is 2.21. The van der Waals surface area contributed by atoms with Crippen molar-refractivity contribution in [1.82, 2.24) is 19.1 Å². The van der Waals surface area contributed by atoms with Crippen LogP contribution in [0.5, 0.6) is 0 Å². The molecule has 0 radical (unpaired) electrons. The monoisotopic (exact) mass is 215 g/mol. The van der Waals surface area contributed by atoms with Gasteiger partial charge >= 0.3 is 0 Å². The first-order valence-electron chi connectivity index (χ1n) is 4.77. The summed E-state index contributed by atoms with van der Waals surface area (Å²) in [5.41, 5.74) is -0.237. The molecule has 0 fully saturated rings. The highest BCUT2D eigenvalue weighted by molar-refractivity contribution is 5.26. The van der Waals surface area contributed by atoms with Crippen molar-refractivity contribution in [2.45, 2.75) is 13.5 Å². The highest BCUT2D eigenvalue weighted by Crippen LogP contribution is 2.01. The minimum Gasteiger partial charge on any atom is -0.311 e. The Labute approximate surface area is 91.4 Å². The SMILES string of the molecule is CCn1ccnc(-n2ccnc2C#N)c1=O. The smallest absolute Gasteiger partial charge is 0.294 e. The molecular weight excluding hydrogens is 206 g/mol. The molecule has 0 saturated carbocycles. The Kier molecular flexibility index (Phi) is 2.52. The average Bonchev–Trinajstić information content (AvgIpc) is 2.77. The summed E-state index contributed by atoms with van der Waals surface area (Å²) >= 11 is 0. The van der Waals surface area contributed by atoms with E-state index in [1.165, 1.54) is 21.5 Å². The van der Waals surface area contributed by atoms with Crippen LogP contribution in [0.15, 0.2) is 29.6 Å². The van der Waals surface area contributed by atoms with Crippen LogP contribution in [-0.2, 0) is 6.54 Å². The standard InChI is InChI=1S/C10H9N5O/c1-2-14-5-3-13-9(10(14)16)15-6-4-12-8(15)7-11/h3-6H,2H2,1H3. The van der Waals surface area contributed by atoms with Gasteiger partial charge in [0.2, 0.25) is 11.6 Å². The predicted molar refractivity (Wildman–Crippen MR) is 56.0 cm³/mol. The van der Waals surface area contributed by atoms with Crippen molar-refractivity contribution in [2.75, 3.05) is 0 Å². The zero-order chi connectivity index (χ0) is 11.5. The maximum Gasteiger partial charge on any atom is 0.294 e. The van der Waals surface area contributed by atoms with Crippen molar-refractivity contribution in [2.24, 2.45) is 0 Å². The third-order valence-electron chi connectivity index (χ3n) is 2.21. The Morgan fingerprint density at radius 3 is 2.81 bits per heavy atom. The van der Waals surface area contributed by atoms with Crippen molar-refractivity contribution in [3.05, 3.63) is 41.0 Å². The molecule has 0 spiro atoms. The average molecular weight is 215 g/mol.